The van der Waals surface area contributed by atoms with E-state index in [2.05, 4.69) is 15.6 Å². The lowest BCUT2D eigenvalue weighted by atomic mass is 10.2. The van der Waals surface area contributed by atoms with Crippen LogP contribution in [0.1, 0.15) is 12.5 Å². The lowest BCUT2D eigenvalue weighted by molar-refractivity contribution is -0.127. The molecular formula is C12H19N5O2. The summed E-state index contributed by atoms with van der Waals surface area (Å²) in [6.45, 7) is 1.94. The topological polar surface area (TPSA) is 123 Å². The van der Waals surface area contributed by atoms with E-state index in [0.29, 0.717) is 18.8 Å². The van der Waals surface area contributed by atoms with Gasteiger partial charge in [0.15, 0.2) is 0 Å². The van der Waals surface area contributed by atoms with Gasteiger partial charge in [-0.1, -0.05) is 0 Å². The van der Waals surface area contributed by atoms with E-state index in [1.165, 1.54) is 0 Å². The molecule has 2 amide bonds. The summed E-state index contributed by atoms with van der Waals surface area (Å²) in [5.41, 5.74) is 11.7. The monoisotopic (exact) mass is 265 g/mol. The molecule has 0 bridgehead atoms. The first-order valence-corrected chi connectivity index (χ1v) is 6.00. The first-order valence-electron chi connectivity index (χ1n) is 6.00. The van der Waals surface area contributed by atoms with Gasteiger partial charge in [-0.05, 0) is 31.0 Å². The summed E-state index contributed by atoms with van der Waals surface area (Å²) < 4.78 is 0. The molecule has 7 heteroatoms. The number of carbonyl (C=O) groups is 2. The lowest BCUT2D eigenvalue weighted by Crippen LogP contribution is -2.47. The van der Waals surface area contributed by atoms with Crippen LogP contribution in [0, 0.1) is 0 Å². The Labute approximate surface area is 111 Å². The summed E-state index contributed by atoms with van der Waals surface area (Å²) in [5, 5.41) is 5.21. The molecule has 0 aromatic carbocycles. The van der Waals surface area contributed by atoms with Gasteiger partial charge in [-0.15, -0.1) is 0 Å². The zero-order valence-electron chi connectivity index (χ0n) is 10.8. The fraction of sp³-hybridized carbons (Fsp3) is 0.417. The SMILES string of the molecule is CC(NC(=O)CN)C(=O)NCCc1ccnc(N)c1. The van der Waals surface area contributed by atoms with Gasteiger partial charge in [-0.3, -0.25) is 9.59 Å². The van der Waals surface area contributed by atoms with E-state index in [4.69, 9.17) is 11.5 Å². The van der Waals surface area contributed by atoms with E-state index in [1.807, 2.05) is 6.07 Å². The second-order valence-electron chi connectivity index (χ2n) is 4.12. The van der Waals surface area contributed by atoms with Gasteiger partial charge in [0, 0.05) is 12.7 Å². The summed E-state index contributed by atoms with van der Waals surface area (Å²) in [6.07, 6.45) is 2.27. The molecule has 1 unspecified atom stereocenters. The normalized spacial score (nSPS) is 11.7. The van der Waals surface area contributed by atoms with Crippen LogP contribution in [0.25, 0.3) is 0 Å². The number of amides is 2. The largest absolute Gasteiger partial charge is 0.384 e. The van der Waals surface area contributed by atoms with Crippen LogP contribution in [-0.2, 0) is 16.0 Å². The van der Waals surface area contributed by atoms with Crippen molar-refractivity contribution in [2.75, 3.05) is 18.8 Å². The number of nitrogen functional groups attached to an aromatic ring is 1. The van der Waals surface area contributed by atoms with Crippen molar-refractivity contribution in [3.8, 4) is 0 Å². The highest BCUT2D eigenvalue weighted by Crippen LogP contribution is 2.02. The number of hydrogen-bond acceptors (Lipinski definition) is 5. The molecule has 1 atom stereocenters. The van der Waals surface area contributed by atoms with Gasteiger partial charge >= 0.3 is 0 Å². The van der Waals surface area contributed by atoms with E-state index >= 15 is 0 Å². The Hall–Kier alpha value is -2.15. The average Bonchev–Trinajstić information content (AvgIpc) is 2.38. The molecule has 0 saturated carbocycles. The molecule has 1 aromatic heterocycles. The molecule has 0 fully saturated rings. The minimum Gasteiger partial charge on any atom is -0.384 e. The Morgan fingerprint density at radius 3 is 2.84 bits per heavy atom. The molecule has 1 aromatic rings. The van der Waals surface area contributed by atoms with E-state index in [9.17, 15) is 9.59 Å². The molecule has 0 aliphatic carbocycles. The van der Waals surface area contributed by atoms with Crippen molar-refractivity contribution in [1.82, 2.24) is 15.6 Å². The van der Waals surface area contributed by atoms with Crippen molar-refractivity contribution < 1.29 is 9.59 Å². The van der Waals surface area contributed by atoms with Gasteiger partial charge in [-0.2, -0.15) is 0 Å². The summed E-state index contributed by atoms with van der Waals surface area (Å²) in [7, 11) is 0. The molecule has 6 N–H and O–H groups in total. The molecule has 1 heterocycles. The van der Waals surface area contributed by atoms with Gasteiger partial charge in [0.05, 0.1) is 6.54 Å². The predicted octanol–water partition coefficient (Wildman–Crippen LogP) is -1.21. The summed E-state index contributed by atoms with van der Waals surface area (Å²) in [4.78, 5) is 26.6. The fourth-order valence-corrected chi connectivity index (χ4v) is 1.50. The molecule has 1 rings (SSSR count). The van der Waals surface area contributed by atoms with Gasteiger partial charge in [0.1, 0.15) is 11.9 Å². The van der Waals surface area contributed by atoms with Crippen molar-refractivity contribution in [2.24, 2.45) is 5.73 Å². The van der Waals surface area contributed by atoms with Crippen molar-refractivity contribution in [3.63, 3.8) is 0 Å². The molecular weight excluding hydrogens is 246 g/mol. The maximum absolute atomic E-state index is 11.6. The van der Waals surface area contributed by atoms with Crippen molar-refractivity contribution in [3.05, 3.63) is 23.9 Å². The number of nitrogens with one attached hydrogen (secondary N) is 2. The standard InChI is InChI=1S/C12H19N5O2/c1-8(17-11(18)7-13)12(19)16-5-3-9-2-4-15-10(14)6-9/h2,4,6,8H,3,5,7,13H2,1H3,(H2,14,15)(H,16,19)(H,17,18). The quantitative estimate of drug-likeness (QED) is 0.513. The zero-order valence-corrected chi connectivity index (χ0v) is 10.8. The zero-order chi connectivity index (χ0) is 14.3. The predicted molar refractivity (Wildman–Crippen MR) is 72.0 cm³/mol. The average molecular weight is 265 g/mol. The molecule has 0 spiro atoms. The third kappa shape index (κ3) is 5.35. The molecule has 0 aliphatic heterocycles. The molecule has 104 valence electrons. The fourth-order valence-electron chi connectivity index (χ4n) is 1.50. The molecule has 0 aliphatic rings. The Kier molecular flexibility index (Phi) is 5.74. The van der Waals surface area contributed by atoms with Gasteiger partial charge in [0.2, 0.25) is 11.8 Å². The Balaban J connectivity index is 2.32. The Bertz CT molecular complexity index is 450. The maximum Gasteiger partial charge on any atom is 0.242 e. The number of rotatable bonds is 6. The summed E-state index contributed by atoms with van der Waals surface area (Å²) >= 11 is 0. The Morgan fingerprint density at radius 1 is 1.47 bits per heavy atom. The van der Waals surface area contributed by atoms with E-state index in [1.54, 1.807) is 19.2 Å². The number of aromatic nitrogens is 1. The number of carbonyl (C=O) groups excluding carboxylic acids is 2. The highest BCUT2D eigenvalue weighted by Gasteiger charge is 2.13. The van der Waals surface area contributed by atoms with Crippen LogP contribution < -0.4 is 22.1 Å². The number of hydrogen-bond donors (Lipinski definition) is 4. The highest BCUT2D eigenvalue weighted by molar-refractivity contribution is 5.87. The van der Waals surface area contributed by atoms with Crippen LogP contribution in [-0.4, -0.2) is 35.9 Å². The first kappa shape index (κ1) is 14.9. The van der Waals surface area contributed by atoms with Crippen LogP contribution in [0.4, 0.5) is 5.82 Å². The minimum atomic E-state index is -0.599. The number of anilines is 1. The smallest absolute Gasteiger partial charge is 0.242 e. The lowest BCUT2D eigenvalue weighted by Gasteiger charge is -2.13. The molecule has 19 heavy (non-hydrogen) atoms. The second-order valence-corrected chi connectivity index (χ2v) is 4.12. The third-order valence-corrected chi connectivity index (χ3v) is 2.51. The summed E-state index contributed by atoms with van der Waals surface area (Å²) in [5.74, 6) is -0.152. The number of nitrogens with two attached hydrogens (primary N) is 2. The first-order chi connectivity index (χ1) is 9.02. The Morgan fingerprint density at radius 2 is 2.21 bits per heavy atom. The van der Waals surface area contributed by atoms with E-state index in [-0.39, 0.29) is 18.4 Å². The molecule has 0 saturated heterocycles. The van der Waals surface area contributed by atoms with Crippen molar-refractivity contribution in [2.45, 2.75) is 19.4 Å². The van der Waals surface area contributed by atoms with E-state index in [0.717, 1.165) is 5.56 Å². The van der Waals surface area contributed by atoms with Crippen LogP contribution in [0.3, 0.4) is 0 Å². The minimum absolute atomic E-state index is 0.131. The van der Waals surface area contributed by atoms with E-state index < -0.39 is 6.04 Å². The molecule has 0 radical (unpaired) electrons. The number of nitrogens with zero attached hydrogens (tertiary/aromatic N) is 1. The van der Waals surface area contributed by atoms with Gasteiger partial charge in [-0.25, -0.2) is 4.98 Å². The van der Waals surface area contributed by atoms with Crippen molar-refractivity contribution >= 4 is 17.6 Å². The number of pyridine rings is 1. The molecule has 7 nitrogen and oxygen atoms in total. The second kappa shape index (κ2) is 7.32. The van der Waals surface area contributed by atoms with Gasteiger partial charge < -0.3 is 22.1 Å². The van der Waals surface area contributed by atoms with Crippen LogP contribution in [0.15, 0.2) is 18.3 Å². The van der Waals surface area contributed by atoms with Crippen molar-refractivity contribution in [1.29, 1.82) is 0 Å². The maximum atomic E-state index is 11.6. The summed E-state index contributed by atoms with van der Waals surface area (Å²) in [6, 6.07) is 2.99. The van der Waals surface area contributed by atoms with Crippen LogP contribution in [0.5, 0.6) is 0 Å². The van der Waals surface area contributed by atoms with Crippen LogP contribution in [0.2, 0.25) is 0 Å². The van der Waals surface area contributed by atoms with Crippen LogP contribution >= 0.6 is 0 Å². The highest BCUT2D eigenvalue weighted by atomic mass is 16.2. The van der Waals surface area contributed by atoms with Gasteiger partial charge in [0.25, 0.3) is 0 Å². The third-order valence-electron chi connectivity index (χ3n) is 2.51.